The second-order valence-corrected chi connectivity index (χ2v) is 5.31. The van der Waals surface area contributed by atoms with Crippen molar-refractivity contribution >= 4 is 22.9 Å². The lowest BCUT2D eigenvalue weighted by molar-refractivity contribution is 0.377. The number of aryl methyl sites for hydroxylation is 2. The smallest absolute Gasteiger partial charge is 0.125 e. The third-order valence-corrected chi connectivity index (χ3v) is 3.63. The average Bonchev–Trinajstić information content (AvgIpc) is 3.18. The summed E-state index contributed by atoms with van der Waals surface area (Å²) in [4.78, 5) is 0.287. The Morgan fingerprint density at radius 3 is 2.58 bits per heavy atom. The minimum atomic E-state index is 0.120. The van der Waals surface area contributed by atoms with Gasteiger partial charge >= 0.3 is 0 Å². The van der Waals surface area contributed by atoms with Crippen LogP contribution in [0.3, 0.4) is 0 Å². The number of aliphatic hydroxyl groups is 1. The van der Waals surface area contributed by atoms with Gasteiger partial charge in [-0.1, -0.05) is 18.3 Å². The molecule has 1 aromatic carbocycles. The molecule has 2 N–H and O–H groups in total. The molecule has 0 radical (unpaired) electrons. The van der Waals surface area contributed by atoms with E-state index in [1.165, 1.54) is 5.56 Å². The number of hydrogen-bond acceptors (Lipinski definition) is 3. The molecule has 0 bridgehead atoms. The summed E-state index contributed by atoms with van der Waals surface area (Å²) in [5, 5.41) is 22.1. The van der Waals surface area contributed by atoms with Crippen LogP contribution in [0.15, 0.2) is 29.5 Å². The summed E-state index contributed by atoms with van der Waals surface area (Å²) < 4.78 is 0. The largest absolute Gasteiger partial charge is 0.511 e. The number of hydrogen-bond donors (Lipinski definition) is 2. The number of rotatable bonds is 3. The van der Waals surface area contributed by atoms with Gasteiger partial charge in [0.05, 0.1) is 0 Å². The van der Waals surface area contributed by atoms with E-state index in [-0.39, 0.29) is 22.2 Å². The predicted octanol–water partition coefficient (Wildman–Crippen LogP) is 3.79. The van der Waals surface area contributed by atoms with E-state index >= 15 is 0 Å². The van der Waals surface area contributed by atoms with Crippen LogP contribution in [0.1, 0.15) is 24.0 Å². The molecular weight excluding hydrogens is 256 g/mol. The van der Waals surface area contributed by atoms with Gasteiger partial charge in [0.1, 0.15) is 22.4 Å². The molecule has 19 heavy (non-hydrogen) atoms. The Morgan fingerprint density at radius 1 is 1.37 bits per heavy atom. The molecule has 0 unspecified atom stereocenters. The Kier molecular flexibility index (Phi) is 3.87. The summed E-state index contributed by atoms with van der Waals surface area (Å²) >= 11 is 5.20. The zero-order chi connectivity index (χ0) is 14.0. The molecule has 98 valence electrons. The molecule has 1 aliphatic rings. The zero-order valence-electron chi connectivity index (χ0n) is 11.0. The molecule has 1 fully saturated rings. The first-order valence-corrected chi connectivity index (χ1v) is 6.65. The summed E-state index contributed by atoms with van der Waals surface area (Å²) in [6.45, 7) is 4.06. The van der Waals surface area contributed by atoms with Gasteiger partial charge in [-0.2, -0.15) is 5.26 Å². The standard InChI is InChI=1S/C15H16N2OS/c1-9-3-6-12(7-10(9)2)17-15(19)13(8-16)14(18)11-4-5-11/h3,6-7,11,18H,4-5H2,1-2H3,(H,17,19)/b14-13-. The Bertz CT molecular complexity index is 595. The molecule has 0 amide bonds. The van der Waals surface area contributed by atoms with Crippen molar-refractivity contribution in [3.63, 3.8) is 0 Å². The number of nitriles is 1. The fraction of sp³-hybridized carbons (Fsp3) is 0.333. The maximum atomic E-state index is 9.93. The highest BCUT2D eigenvalue weighted by Crippen LogP contribution is 2.36. The highest BCUT2D eigenvalue weighted by molar-refractivity contribution is 7.81. The first-order chi connectivity index (χ1) is 9.02. The van der Waals surface area contributed by atoms with Crippen LogP contribution in [0.5, 0.6) is 0 Å². The highest BCUT2D eigenvalue weighted by atomic mass is 32.1. The number of nitrogens with one attached hydrogen (secondary N) is 1. The number of anilines is 1. The van der Waals surface area contributed by atoms with Gasteiger partial charge in [-0.3, -0.25) is 0 Å². The van der Waals surface area contributed by atoms with E-state index < -0.39 is 0 Å². The number of thiocarbonyl (C=S) groups is 1. The zero-order valence-corrected chi connectivity index (χ0v) is 11.8. The summed E-state index contributed by atoms with van der Waals surface area (Å²) in [6, 6.07) is 7.88. The van der Waals surface area contributed by atoms with Gasteiger partial charge in [0.2, 0.25) is 0 Å². The fourth-order valence-electron chi connectivity index (χ4n) is 1.80. The Morgan fingerprint density at radius 2 is 2.05 bits per heavy atom. The van der Waals surface area contributed by atoms with Gasteiger partial charge in [-0.05, 0) is 49.9 Å². The lowest BCUT2D eigenvalue weighted by atomic mass is 10.1. The van der Waals surface area contributed by atoms with Crippen molar-refractivity contribution in [1.29, 1.82) is 5.26 Å². The quantitative estimate of drug-likeness (QED) is 0.380. The SMILES string of the molecule is Cc1ccc(NC(=S)/C(C#N)=C(\O)C2CC2)cc1C. The summed E-state index contributed by atoms with van der Waals surface area (Å²) in [5.41, 5.74) is 3.38. The number of allylic oxidation sites excluding steroid dienone is 1. The van der Waals surface area contributed by atoms with Crippen molar-refractivity contribution < 1.29 is 5.11 Å². The molecule has 0 aromatic heterocycles. The molecule has 3 nitrogen and oxygen atoms in total. The van der Waals surface area contributed by atoms with Gasteiger partial charge in [0.15, 0.2) is 0 Å². The Labute approximate surface area is 118 Å². The molecule has 2 rings (SSSR count). The first kappa shape index (κ1) is 13.6. The minimum Gasteiger partial charge on any atom is -0.511 e. The van der Waals surface area contributed by atoms with Gasteiger partial charge in [-0.25, -0.2) is 0 Å². The lowest BCUT2D eigenvalue weighted by Gasteiger charge is -2.10. The Hall–Kier alpha value is -1.86. The number of nitrogens with zero attached hydrogens (tertiary/aromatic N) is 1. The van der Waals surface area contributed by atoms with Crippen LogP contribution in [-0.4, -0.2) is 10.1 Å². The maximum absolute atomic E-state index is 9.93. The first-order valence-electron chi connectivity index (χ1n) is 6.24. The second-order valence-electron chi connectivity index (χ2n) is 4.90. The molecule has 0 heterocycles. The van der Waals surface area contributed by atoms with Gasteiger partial charge < -0.3 is 10.4 Å². The molecule has 4 heteroatoms. The molecule has 0 saturated heterocycles. The van der Waals surface area contributed by atoms with E-state index in [4.69, 9.17) is 17.5 Å². The molecule has 0 aliphatic heterocycles. The van der Waals surface area contributed by atoms with E-state index in [0.717, 1.165) is 24.1 Å². The van der Waals surface area contributed by atoms with Gasteiger partial charge in [0, 0.05) is 11.6 Å². The predicted molar refractivity (Wildman–Crippen MR) is 80.1 cm³/mol. The molecular formula is C15H16N2OS. The topological polar surface area (TPSA) is 56.0 Å². The van der Waals surface area contributed by atoms with E-state index in [2.05, 4.69) is 5.32 Å². The fourth-order valence-corrected chi connectivity index (χ4v) is 2.07. The molecule has 1 aromatic rings. The van der Waals surface area contributed by atoms with Crippen LogP contribution >= 0.6 is 12.2 Å². The third kappa shape index (κ3) is 3.12. The maximum Gasteiger partial charge on any atom is 0.125 e. The minimum absolute atomic E-state index is 0.120. The average molecular weight is 272 g/mol. The summed E-state index contributed by atoms with van der Waals surface area (Å²) in [6.07, 6.45) is 1.87. The number of aliphatic hydroxyl groups excluding tert-OH is 1. The molecule has 1 aliphatic carbocycles. The van der Waals surface area contributed by atoms with Crippen molar-refractivity contribution in [2.24, 2.45) is 5.92 Å². The third-order valence-electron chi connectivity index (χ3n) is 3.32. The Balaban J connectivity index is 2.18. The van der Waals surface area contributed by atoms with Crippen LogP contribution in [0.4, 0.5) is 5.69 Å². The summed E-state index contributed by atoms with van der Waals surface area (Å²) in [5.74, 6) is 0.248. The molecule has 1 saturated carbocycles. The van der Waals surface area contributed by atoms with Crippen molar-refractivity contribution in [2.75, 3.05) is 5.32 Å². The van der Waals surface area contributed by atoms with Crippen LogP contribution in [0, 0.1) is 31.1 Å². The van der Waals surface area contributed by atoms with Gasteiger partial charge in [-0.15, -0.1) is 0 Å². The van der Waals surface area contributed by atoms with E-state index in [1.807, 2.05) is 38.1 Å². The van der Waals surface area contributed by atoms with Crippen LogP contribution in [0.2, 0.25) is 0 Å². The van der Waals surface area contributed by atoms with Crippen molar-refractivity contribution in [1.82, 2.24) is 0 Å². The monoisotopic (exact) mass is 272 g/mol. The lowest BCUT2D eigenvalue weighted by Crippen LogP contribution is -2.14. The normalized spacial score (nSPS) is 15.4. The van der Waals surface area contributed by atoms with Crippen molar-refractivity contribution in [3.05, 3.63) is 40.7 Å². The van der Waals surface area contributed by atoms with Crippen LogP contribution in [0.25, 0.3) is 0 Å². The van der Waals surface area contributed by atoms with Crippen LogP contribution < -0.4 is 5.32 Å². The van der Waals surface area contributed by atoms with Crippen LogP contribution in [-0.2, 0) is 0 Å². The second kappa shape index (κ2) is 5.41. The summed E-state index contributed by atoms with van der Waals surface area (Å²) in [7, 11) is 0. The highest BCUT2D eigenvalue weighted by Gasteiger charge is 2.29. The molecule has 0 spiro atoms. The molecule has 0 atom stereocenters. The van der Waals surface area contributed by atoms with Crippen molar-refractivity contribution in [3.8, 4) is 6.07 Å². The van der Waals surface area contributed by atoms with Gasteiger partial charge in [0.25, 0.3) is 0 Å². The van der Waals surface area contributed by atoms with Crippen molar-refractivity contribution in [2.45, 2.75) is 26.7 Å². The van der Waals surface area contributed by atoms with E-state index in [9.17, 15) is 5.11 Å². The van der Waals surface area contributed by atoms with E-state index in [0.29, 0.717) is 0 Å². The van der Waals surface area contributed by atoms with E-state index in [1.54, 1.807) is 0 Å². The number of benzene rings is 1.